The Morgan fingerprint density at radius 2 is 1.06 bits per heavy atom. The van der Waals surface area contributed by atoms with Crippen molar-refractivity contribution in [1.29, 1.82) is 0 Å². The second-order valence-corrected chi connectivity index (χ2v) is 13.9. The van der Waals surface area contributed by atoms with Crippen LogP contribution in [0.1, 0.15) is 35.1 Å². The van der Waals surface area contributed by atoms with E-state index in [9.17, 15) is 14.7 Å². The van der Waals surface area contributed by atoms with E-state index in [0.29, 0.717) is 12.9 Å². The van der Waals surface area contributed by atoms with Crippen molar-refractivity contribution in [3.8, 4) is 22.5 Å². The molecule has 10 rings (SSSR count). The zero-order valence-electron chi connectivity index (χ0n) is 27.5. The number of carboxylic acids is 1. The summed E-state index contributed by atoms with van der Waals surface area (Å²) in [5.41, 5.74) is 6.92. The number of hydrogen-bond acceptors (Lipinski definition) is 5. The average molecular weight is 663 g/mol. The zero-order chi connectivity index (χ0) is 34.3. The number of carbonyl (C=O) groups excluding carboxylic acids is 1. The fourth-order valence-corrected chi connectivity index (χ4v) is 9.27. The number of para-hydroxylation sites is 2. The van der Waals surface area contributed by atoms with Crippen LogP contribution in [-0.4, -0.2) is 34.1 Å². The SMILES string of the molecule is O=COCC1(CC2(CC(=O)O)c3cc4ccccc4nc3-c3c2ccc2ccccc32)c2cc3ccccc3nc2-c2c1ccc1ccccc21. The van der Waals surface area contributed by atoms with Gasteiger partial charge in [0.2, 0.25) is 0 Å². The van der Waals surface area contributed by atoms with Gasteiger partial charge in [-0.1, -0.05) is 109 Å². The van der Waals surface area contributed by atoms with E-state index in [2.05, 4.69) is 60.7 Å². The predicted octanol–water partition coefficient (Wildman–Crippen LogP) is 9.36. The molecule has 6 nitrogen and oxygen atoms in total. The summed E-state index contributed by atoms with van der Waals surface area (Å²) >= 11 is 0. The Hall–Kier alpha value is -6.40. The number of aromatic nitrogens is 2. The maximum Gasteiger partial charge on any atom is 0.304 e. The smallest absolute Gasteiger partial charge is 0.304 e. The summed E-state index contributed by atoms with van der Waals surface area (Å²) in [6, 6.07) is 45.2. The minimum atomic E-state index is -1.06. The summed E-state index contributed by atoms with van der Waals surface area (Å²) in [5.74, 6) is -0.921. The van der Waals surface area contributed by atoms with Crippen LogP contribution in [0.4, 0.5) is 0 Å². The molecule has 8 aromatic rings. The van der Waals surface area contributed by atoms with Gasteiger partial charge in [0.25, 0.3) is 6.47 Å². The number of ether oxygens (including phenoxy) is 1. The largest absolute Gasteiger partial charge is 0.481 e. The van der Waals surface area contributed by atoms with E-state index in [0.717, 1.165) is 88.1 Å². The van der Waals surface area contributed by atoms with E-state index < -0.39 is 16.8 Å². The number of rotatable bonds is 7. The first-order valence-corrected chi connectivity index (χ1v) is 17.1. The zero-order valence-corrected chi connectivity index (χ0v) is 27.5. The van der Waals surface area contributed by atoms with Gasteiger partial charge >= 0.3 is 5.97 Å². The van der Waals surface area contributed by atoms with Crippen molar-refractivity contribution in [2.45, 2.75) is 23.7 Å². The van der Waals surface area contributed by atoms with Crippen molar-refractivity contribution in [3.05, 3.63) is 156 Å². The van der Waals surface area contributed by atoms with E-state index in [1.807, 2.05) is 72.8 Å². The summed E-state index contributed by atoms with van der Waals surface area (Å²) < 4.78 is 5.86. The standard InChI is InChI=1S/C45H30N2O4/c48-26-51-25-45(34-20-18-28-10-2-6-14-32(28)41(34)43-36(45)22-30-12-4-8-16-38(30)47-43)24-44(23-39(49)50)33-19-17-27-9-1-5-13-31(27)40(33)42-35(44)21-29-11-3-7-15-37(29)46-42/h1-22,26H,23-25H2,(H,49,50). The van der Waals surface area contributed by atoms with Gasteiger partial charge in [-0.05, 0) is 74.5 Å². The molecule has 0 bridgehead atoms. The summed E-state index contributed by atoms with van der Waals surface area (Å²) in [6.45, 7) is 0.507. The van der Waals surface area contributed by atoms with Gasteiger partial charge in [-0.25, -0.2) is 9.97 Å². The lowest BCUT2D eigenvalue weighted by Gasteiger charge is -2.41. The lowest BCUT2D eigenvalue weighted by Crippen LogP contribution is -2.42. The molecule has 2 unspecified atom stereocenters. The molecule has 6 heteroatoms. The molecule has 2 heterocycles. The van der Waals surface area contributed by atoms with Gasteiger partial charge < -0.3 is 9.84 Å². The van der Waals surface area contributed by atoms with Gasteiger partial charge in [0.05, 0.1) is 34.3 Å². The summed E-state index contributed by atoms with van der Waals surface area (Å²) in [6.07, 6.45) is 0.115. The molecule has 0 fully saturated rings. The van der Waals surface area contributed by atoms with E-state index in [-0.39, 0.29) is 13.0 Å². The Labute approximate surface area is 293 Å². The molecular formula is C45H30N2O4. The van der Waals surface area contributed by atoms with Crippen LogP contribution in [0.25, 0.3) is 65.9 Å². The second kappa shape index (κ2) is 10.8. The Bertz CT molecular complexity index is 2790. The van der Waals surface area contributed by atoms with E-state index in [1.54, 1.807) is 0 Å². The number of carbonyl (C=O) groups is 2. The monoisotopic (exact) mass is 662 g/mol. The molecule has 2 aromatic heterocycles. The summed E-state index contributed by atoms with van der Waals surface area (Å²) in [4.78, 5) is 36.1. The highest BCUT2D eigenvalue weighted by Gasteiger charge is 2.56. The Balaban J connectivity index is 1.35. The predicted molar refractivity (Wildman–Crippen MR) is 200 cm³/mol. The van der Waals surface area contributed by atoms with Gasteiger partial charge in [-0.3, -0.25) is 9.59 Å². The number of fused-ring (bicyclic) bond motifs is 12. The lowest BCUT2D eigenvalue weighted by molar-refractivity contribution is -0.138. The molecule has 0 spiro atoms. The Morgan fingerprint density at radius 3 is 1.59 bits per heavy atom. The summed E-state index contributed by atoms with van der Waals surface area (Å²) in [5, 5.41) is 17.0. The van der Waals surface area contributed by atoms with Gasteiger partial charge in [0.1, 0.15) is 6.61 Å². The third kappa shape index (κ3) is 4.10. The number of hydrogen-bond donors (Lipinski definition) is 1. The van der Waals surface area contributed by atoms with Gasteiger partial charge in [0.15, 0.2) is 0 Å². The first-order chi connectivity index (χ1) is 25.0. The molecule has 0 aliphatic heterocycles. The van der Waals surface area contributed by atoms with Crippen LogP contribution in [0.5, 0.6) is 0 Å². The van der Waals surface area contributed by atoms with Crippen LogP contribution in [0.3, 0.4) is 0 Å². The quantitative estimate of drug-likeness (QED) is 0.171. The fraction of sp³-hybridized carbons (Fsp3) is 0.111. The molecule has 1 N–H and O–H groups in total. The molecular weight excluding hydrogens is 633 g/mol. The molecule has 0 radical (unpaired) electrons. The van der Waals surface area contributed by atoms with Crippen LogP contribution in [0.2, 0.25) is 0 Å². The molecule has 2 aliphatic rings. The molecule has 2 aliphatic carbocycles. The van der Waals surface area contributed by atoms with Crippen LogP contribution in [0, 0.1) is 0 Å². The number of benzene rings is 6. The Kier molecular flexibility index (Phi) is 6.25. The number of pyridine rings is 2. The number of nitrogens with zero attached hydrogens (tertiary/aromatic N) is 2. The highest BCUT2D eigenvalue weighted by molar-refractivity contribution is 6.05. The third-order valence-electron chi connectivity index (χ3n) is 11.3. The fourth-order valence-electron chi connectivity index (χ4n) is 9.27. The maximum absolute atomic E-state index is 13.3. The van der Waals surface area contributed by atoms with Crippen molar-refractivity contribution < 1.29 is 19.4 Å². The number of carboxylic acid groups (broad SMARTS) is 1. The average Bonchev–Trinajstić information content (AvgIpc) is 3.57. The van der Waals surface area contributed by atoms with Crippen LogP contribution in [0.15, 0.2) is 133 Å². The first-order valence-electron chi connectivity index (χ1n) is 17.1. The number of aliphatic carboxylic acids is 1. The van der Waals surface area contributed by atoms with Gasteiger partial charge in [0, 0.05) is 27.3 Å². The van der Waals surface area contributed by atoms with Gasteiger partial charge in [-0.2, -0.15) is 0 Å². The Morgan fingerprint density at radius 1 is 0.588 bits per heavy atom. The van der Waals surface area contributed by atoms with Crippen molar-refractivity contribution in [2.75, 3.05) is 6.61 Å². The van der Waals surface area contributed by atoms with Crippen LogP contribution >= 0.6 is 0 Å². The van der Waals surface area contributed by atoms with Crippen LogP contribution < -0.4 is 0 Å². The minimum absolute atomic E-state index is 0.00941. The van der Waals surface area contributed by atoms with Crippen molar-refractivity contribution in [3.63, 3.8) is 0 Å². The van der Waals surface area contributed by atoms with Crippen molar-refractivity contribution in [2.24, 2.45) is 0 Å². The van der Waals surface area contributed by atoms with Gasteiger partial charge in [-0.15, -0.1) is 0 Å². The molecule has 0 saturated heterocycles. The molecule has 244 valence electrons. The highest BCUT2D eigenvalue weighted by atomic mass is 16.5. The topological polar surface area (TPSA) is 89.4 Å². The van der Waals surface area contributed by atoms with Crippen molar-refractivity contribution >= 4 is 55.8 Å². The molecule has 2 atom stereocenters. The van der Waals surface area contributed by atoms with Crippen molar-refractivity contribution in [1.82, 2.24) is 9.97 Å². The highest BCUT2D eigenvalue weighted by Crippen LogP contribution is 2.62. The molecule has 6 aromatic carbocycles. The molecule has 0 saturated carbocycles. The third-order valence-corrected chi connectivity index (χ3v) is 11.3. The molecule has 51 heavy (non-hydrogen) atoms. The van der Waals surface area contributed by atoms with E-state index >= 15 is 0 Å². The molecule has 0 amide bonds. The van der Waals surface area contributed by atoms with E-state index in [1.165, 1.54) is 0 Å². The minimum Gasteiger partial charge on any atom is -0.481 e. The second-order valence-electron chi connectivity index (χ2n) is 13.9. The van der Waals surface area contributed by atoms with E-state index in [4.69, 9.17) is 14.7 Å². The first kappa shape index (κ1) is 29.5. The summed E-state index contributed by atoms with van der Waals surface area (Å²) in [7, 11) is 0. The van der Waals surface area contributed by atoms with Crippen LogP contribution in [-0.2, 0) is 25.2 Å². The maximum atomic E-state index is 13.3. The normalized spacial score (nSPS) is 18.4. The lowest BCUT2D eigenvalue weighted by atomic mass is 9.61.